The van der Waals surface area contributed by atoms with Crippen LogP contribution in [0.3, 0.4) is 0 Å². The molecule has 1 aromatic rings. The number of methoxy groups -OCH3 is 2. The number of hydrogen-bond acceptors (Lipinski definition) is 6. The van der Waals surface area contributed by atoms with Gasteiger partial charge in [-0.2, -0.15) is 0 Å². The van der Waals surface area contributed by atoms with Crippen LogP contribution >= 0.6 is 12.2 Å². The molecule has 3 aliphatic rings. The highest BCUT2D eigenvalue weighted by Gasteiger charge is 2.46. The number of rotatable bonds is 7. The van der Waals surface area contributed by atoms with Gasteiger partial charge in [-0.3, -0.25) is 9.59 Å². The number of carbonyl (C=O) groups excluding carboxylic acids is 2. The second kappa shape index (κ2) is 9.22. The van der Waals surface area contributed by atoms with Crippen LogP contribution in [0, 0.1) is 11.8 Å². The van der Waals surface area contributed by atoms with E-state index >= 15 is 0 Å². The third kappa shape index (κ3) is 4.08. The number of Topliss-reactive ketones (excluding diaryl/α,β-unsaturated/α-hetero) is 1. The number of thiocarbonyl (C=S) groups is 1. The number of likely N-dealkylation sites (tertiary alicyclic amines) is 1. The van der Waals surface area contributed by atoms with Gasteiger partial charge in [0.2, 0.25) is 5.91 Å². The summed E-state index contributed by atoms with van der Waals surface area (Å²) in [4.78, 5) is 29.2. The van der Waals surface area contributed by atoms with Crippen molar-refractivity contribution in [3.63, 3.8) is 0 Å². The monoisotopic (exact) mass is 430 g/mol. The molecule has 1 N–H and O–H groups in total. The smallest absolute Gasteiger partial charge is 0.241 e. The molecule has 1 aliphatic carbocycles. The van der Waals surface area contributed by atoms with E-state index in [9.17, 15) is 9.59 Å². The molecule has 3 atom stereocenters. The summed E-state index contributed by atoms with van der Waals surface area (Å²) in [7, 11) is 3.17. The van der Waals surface area contributed by atoms with Gasteiger partial charge in [0.05, 0.1) is 12.0 Å². The fourth-order valence-corrected chi connectivity index (χ4v) is 5.71. The van der Waals surface area contributed by atoms with Gasteiger partial charge in [-0.1, -0.05) is 36.5 Å². The summed E-state index contributed by atoms with van der Waals surface area (Å²) in [5.41, 5.74) is 2.67. The van der Waals surface area contributed by atoms with Crippen molar-refractivity contribution in [2.45, 2.75) is 50.5 Å². The SMILES string of the molecule is COC(OC)[C@@H]1CCCN1C(=O)[C@H]1NCC(=S)C1C(=O)CC1Cc2ccccc2C1. The average Bonchev–Trinajstić information content (AvgIpc) is 3.46. The number of hydrogen-bond donors (Lipinski definition) is 1. The molecule has 1 unspecified atom stereocenters. The minimum atomic E-state index is -0.580. The Morgan fingerprint density at radius 3 is 2.50 bits per heavy atom. The van der Waals surface area contributed by atoms with Crippen molar-refractivity contribution < 1.29 is 19.1 Å². The van der Waals surface area contributed by atoms with Gasteiger partial charge in [-0.25, -0.2) is 0 Å². The van der Waals surface area contributed by atoms with Crippen molar-refractivity contribution in [2.24, 2.45) is 11.8 Å². The van der Waals surface area contributed by atoms with Gasteiger partial charge in [-0.15, -0.1) is 0 Å². The number of amides is 1. The lowest BCUT2D eigenvalue weighted by atomic mass is 9.87. The summed E-state index contributed by atoms with van der Waals surface area (Å²) in [6, 6.07) is 7.67. The van der Waals surface area contributed by atoms with Crippen molar-refractivity contribution >= 4 is 28.8 Å². The van der Waals surface area contributed by atoms with E-state index in [0.29, 0.717) is 30.3 Å². The zero-order valence-corrected chi connectivity index (χ0v) is 18.5. The Labute approximate surface area is 183 Å². The third-order valence-electron chi connectivity index (χ3n) is 6.78. The number of benzene rings is 1. The first-order valence-electron chi connectivity index (χ1n) is 10.7. The van der Waals surface area contributed by atoms with Crippen LogP contribution in [0.2, 0.25) is 0 Å². The van der Waals surface area contributed by atoms with Gasteiger partial charge in [-0.05, 0) is 42.7 Å². The fraction of sp³-hybridized carbons (Fsp3) is 0.609. The maximum atomic E-state index is 13.4. The molecular formula is C23H30N2O4S. The molecule has 30 heavy (non-hydrogen) atoms. The lowest BCUT2D eigenvalue weighted by Gasteiger charge is -2.32. The molecule has 2 aliphatic heterocycles. The molecule has 7 heteroatoms. The molecule has 6 nitrogen and oxygen atoms in total. The van der Waals surface area contributed by atoms with E-state index in [1.807, 2.05) is 17.0 Å². The summed E-state index contributed by atoms with van der Waals surface area (Å²) in [5.74, 6) is -0.211. The van der Waals surface area contributed by atoms with Gasteiger partial charge in [0, 0.05) is 38.6 Å². The minimum absolute atomic E-state index is 0.0653. The molecular weight excluding hydrogens is 400 g/mol. The topological polar surface area (TPSA) is 67.9 Å². The van der Waals surface area contributed by atoms with E-state index in [-0.39, 0.29) is 17.7 Å². The van der Waals surface area contributed by atoms with Crippen molar-refractivity contribution in [2.75, 3.05) is 27.3 Å². The molecule has 2 fully saturated rings. The van der Waals surface area contributed by atoms with Gasteiger partial charge in [0.1, 0.15) is 11.8 Å². The van der Waals surface area contributed by atoms with Crippen LogP contribution in [-0.4, -0.2) is 67.1 Å². The normalized spacial score (nSPS) is 26.6. The molecule has 0 spiro atoms. The van der Waals surface area contributed by atoms with Crippen molar-refractivity contribution in [1.29, 1.82) is 0 Å². The van der Waals surface area contributed by atoms with E-state index in [0.717, 1.165) is 25.7 Å². The second-order valence-electron chi connectivity index (χ2n) is 8.60. The number of ether oxygens (including phenoxy) is 2. The summed E-state index contributed by atoms with van der Waals surface area (Å²) < 4.78 is 10.8. The Morgan fingerprint density at radius 2 is 1.87 bits per heavy atom. The van der Waals surface area contributed by atoms with Gasteiger partial charge in [0.25, 0.3) is 0 Å². The molecule has 162 valence electrons. The number of carbonyl (C=O) groups is 2. The lowest BCUT2D eigenvalue weighted by Crippen LogP contribution is -2.53. The molecule has 4 rings (SSSR count). The lowest BCUT2D eigenvalue weighted by molar-refractivity contribution is -0.159. The van der Waals surface area contributed by atoms with Gasteiger partial charge >= 0.3 is 0 Å². The van der Waals surface area contributed by atoms with Crippen LogP contribution in [0.5, 0.6) is 0 Å². The summed E-state index contributed by atoms with van der Waals surface area (Å²) in [6.45, 7) is 1.08. The zero-order valence-electron chi connectivity index (χ0n) is 17.6. The van der Waals surface area contributed by atoms with E-state index < -0.39 is 18.2 Å². The van der Waals surface area contributed by atoms with Crippen LogP contribution in [0.15, 0.2) is 24.3 Å². The first-order chi connectivity index (χ1) is 14.5. The first kappa shape index (κ1) is 21.6. The van der Waals surface area contributed by atoms with E-state index in [1.54, 1.807) is 14.2 Å². The Balaban J connectivity index is 1.44. The quantitative estimate of drug-likeness (QED) is 0.527. The van der Waals surface area contributed by atoms with Crippen molar-refractivity contribution in [3.8, 4) is 0 Å². The largest absolute Gasteiger partial charge is 0.354 e. The van der Waals surface area contributed by atoms with E-state index in [1.165, 1.54) is 11.1 Å². The molecule has 2 saturated heterocycles. The molecule has 0 radical (unpaired) electrons. The van der Waals surface area contributed by atoms with E-state index in [4.69, 9.17) is 21.7 Å². The minimum Gasteiger partial charge on any atom is -0.354 e. The average molecular weight is 431 g/mol. The standard InChI is InChI=1S/C23H30N2O4S/c1-28-23(29-2)17-8-5-9-25(17)22(27)21-20(19(30)13-24-21)18(26)12-14-10-15-6-3-4-7-16(15)11-14/h3-4,6-7,14,17,20-21,23-24H,5,8-13H2,1-2H3/t17-,20?,21-/m0/s1. The summed E-state index contributed by atoms with van der Waals surface area (Å²) in [5, 5.41) is 3.22. The van der Waals surface area contributed by atoms with Crippen molar-refractivity contribution in [3.05, 3.63) is 35.4 Å². The third-order valence-corrected chi connectivity index (χ3v) is 7.17. The van der Waals surface area contributed by atoms with Gasteiger partial charge < -0.3 is 19.7 Å². The van der Waals surface area contributed by atoms with Crippen LogP contribution in [0.25, 0.3) is 0 Å². The Hall–Kier alpha value is -1.67. The highest BCUT2D eigenvalue weighted by Crippen LogP contribution is 2.32. The molecule has 0 bridgehead atoms. The van der Waals surface area contributed by atoms with Gasteiger partial charge in [0.15, 0.2) is 6.29 Å². The first-order valence-corrected chi connectivity index (χ1v) is 11.2. The molecule has 0 saturated carbocycles. The van der Waals surface area contributed by atoms with E-state index in [2.05, 4.69) is 17.4 Å². The van der Waals surface area contributed by atoms with Crippen LogP contribution < -0.4 is 5.32 Å². The van der Waals surface area contributed by atoms with Crippen molar-refractivity contribution in [1.82, 2.24) is 10.2 Å². The zero-order chi connectivity index (χ0) is 21.3. The second-order valence-corrected chi connectivity index (χ2v) is 9.12. The Morgan fingerprint density at radius 1 is 1.20 bits per heavy atom. The Bertz CT molecular complexity index is 800. The molecule has 1 aromatic carbocycles. The number of ketones is 1. The molecule has 1 amide bonds. The van der Waals surface area contributed by atoms with Crippen LogP contribution in [0.4, 0.5) is 0 Å². The predicted molar refractivity (Wildman–Crippen MR) is 117 cm³/mol. The summed E-state index contributed by atoms with van der Waals surface area (Å²) in [6.07, 6.45) is 3.57. The molecule has 0 aromatic heterocycles. The maximum Gasteiger partial charge on any atom is 0.241 e. The highest BCUT2D eigenvalue weighted by atomic mass is 32.1. The number of nitrogens with zero attached hydrogens (tertiary/aromatic N) is 1. The summed E-state index contributed by atoms with van der Waals surface area (Å²) >= 11 is 5.52. The Kier molecular flexibility index (Phi) is 6.63. The molecule has 2 heterocycles. The van der Waals surface area contributed by atoms with Crippen LogP contribution in [-0.2, 0) is 31.9 Å². The number of fused-ring (bicyclic) bond motifs is 1. The maximum absolute atomic E-state index is 13.4. The van der Waals surface area contributed by atoms with Crippen LogP contribution in [0.1, 0.15) is 30.4 Å². The predicted octanol–water partition coefficient (Wildman–Crippen LogP) is 1.93. The highest BCUT2D eigenvalue weighted by molar-refractivity contribution is 7.80. The number of nitrogens with one attached hydrogen (secondary N) is 1. The fourth-order valence-electron chi connectivity index (χ4n) is 5.36.